The molecule has 2 fully saturated rings. The van der Waals surface area contributed by atoms with Gasteiger partial charge < -0.3 is 20.0 Å². The van der Waals surface area contributed by atoms with E-state index in [1.165, 1.54) is 0 Å². The van der Waals surface area contributed by atoms with E-state index in [0.29, 0.717) is 50.8 Å². The highest BCUT2D eigenvalue weighted by Gasteiger charge is 2.56. The van der Waals surface area contributed by atoms with Crippen LogP contribution in [0.4, 0.5) is 5.69 Å². The van der Waals surface area contributed by atoms with E-state index in [2.05, 4.69) is 58.7 Å². The van der Waals surface area contributed by atoms with Crippen LogP contribution in [0.5, 0.6) is 0 Å². The molecule has 0 saturated carbocycles. The molecule has 4 heterocycles. The largest absolute Gasteiger partial charge is 0.418 e. The third-order valence-corrected chi connectivity index (χ3v) is 13.1. The fourth-order valence-electron chi connectivity index (χ4n) is 9.90. The van der Waals surface area contributed by atoms with Gasteiger partial charge in [0.1, 0.15) is 17.8 Å². The van der Waals surface area contributed by atoms with Gasteiger partial charge in [0, 0.05) is 53.7 Å². The van der Waals surface area contributed by atoms with Crippen LogP contribution in [0, 0.1) is 0 Å². The molecule has 2 aromatic heterocycles. The van der Waals surface area contributed by atoms with Crippen LogP contribution in [0.15, 0.2) is 114 Å². The molecule has 3 amide bonds. The van der Waals surface area contributed by atoms with Crippen molar-refractivity contribution >= 4 is 34.3 Å². The van der Waals surface area contributed by atoms with Gasteiger partial charge in [0.15, 0.2) is 12.1 Å². The highest BCUT2D eigenvalue weighted by atomic mass is 16.4. The number of aromatic nitrogens is 3. The summed E-state index contributed by atoms with van der Waals surface area (Å²) in [6.07, 6.45) is 2.88. The highest BCUT2D eigenvalue weighted by Crippen LogP contribution is 2.42. The Kier molecular flexibility index (Phi) is 12.3. The zero-order valence-electron chi connectivity index (χ0n) is 35.7. The second-order valence-corrected chi connectivity index (χ2v) is 16.2. The average molecular weight is 822 g/mol. The SMILES string of the molecule is CCN(CC)[C@@H](C(=O)N1CCC[C@H]1c1nnc(-c2ccc(-c3cc4cc([N+]5(C(=O)[C@@H](c6ccccc6)N(CC)CC)CCC[C@H]5C(N)=O)ccc4[nH]3)cc2)o1)c1ccccc1. The molecule has 2 saturated heterocycles. The molecular weight excluding hydrogens is 765 g/mol. The Labute approximate surface area is 357 Å². The van der Waals surface area contributed by atoms with Crippen LogP contribution in [0.1, 0.15) is 88.5 Å². The van der Waals surface area contributed by atoms with E-state index in [9.17, 15) is 9.59 Å². The van der Waals surface area contributed by atoms with Gasteiger partial charge in [-0.25, -0.2) is 9.28 Å². The van der Waals surface area contributed by atoms with Gasteiger partial charge in [0.25, 0.3) is 5.91 Å². The van der Waals surface area contributed by atoms with Gasteiger partial charge in [-0.3, -0.25) is 19.4 Å². The van der Waals surface area contributed by atoms with Crippen LogP contribution in [-0.2, 0) is 14.4 Å². The Hall–Kier alpha value is -5.95. The van der Waals surface area contributed by atoms with Gasteiger partial charge in [-0.15, -0.1) is 10.2 Å². The number of hydrogen-bond acceptors (Lipinski definition) is 8. The number of carbonyl (C=O) groups excluding carboxylic acids is 3. The molecule has 0 spiro atoms. The van der Waals surface area contributed by atoms with Crippen molar-refractivity contribution in [1.82, 2.24) is 34.4 Å². The second kappa shape index (κ2) is 18.0. The van der Waals surface area contributed by atoms with Gasteiger partial charge >= 0.3 is 5.91 Å². The number of nitrogens with one attached hydrogen (secondary N) is 1. The van der Waals surface area contributed by atoms with E-state index in [0.717, 1.165) is 70.5 Å². The Bertz CT molecular complexity index is 2460. The predicted molar refractivity (Wildman–Crippen MR) is 239 cm³/mol. The first-order chi connectivity index (χ1) is 29.7. The standard InChI is InChI=1S/C49H56N8O4/c1-5-54(6-2)43(34-17-11-9-12-18-34)48(59)56-29-15-21-41(56)47-53-52-46(61-47)36-25-23-33(24-26-36)40-32-37-31-38(27-28-39(37)51-40)57(30-16-22-42(57)45(50)58)49(60)44(55(7-3)8-4)35-19-13-10-14-20-35/h9-14,17-20,23-28,31-32,41-44H,5-8,15-16,21-22,29-30H2,1-4H3,(H2-,50,51,52,58)/p+1/t41-,42-,43+,44+,57?/m0/s1. The number of likely N-dealkylation sites (tertiary alicyclic amines) is 2. The predicted octanol–water partition coefficient (Wildman–Crippen LogP) is 8.20. The zero-order chi connectivity index (χ0) is 42.7. The molecule has 3 N–H and O–H groups in total. The maximum absolute atomic E-state index is 15.2. The van der Waals surface area contributed by atoms with Crippen molar-refractivity contribution in [1.29, 1.82) is 0 Å². The maximum atomic E-state index is 15.2. The first-order valence-corrected chi connectivity index (χ1v) is 21.9. The summed E-state index contributed by atoms with van der Waals surface area (Å²) in [7, 11) is 0. The molecule has 2 aliphatic rings. The summed E-state index contributed by atoms with van der Waals surface area (Å²) in [6, 6.07) is 34.1. The maximum Gasteiger partial charge on any atom is 0.341 e. The second-order valence-electron chi connectivity index (χ2n) is 16.2. The number of hydrogen-bond donors (Lipinski definition) is 2. The highest BCUT2D eigenvalue weighted by molar-refractivity contribution is 6.01. The lowest BCUT2D eigenvalue weighted by molar-refractivity contribution is -0.141. The lowest BCUT2D eigenvalue weighted by atomic mass is 9.99. The molecule has 8 rings (SSSR count). The van der Waals surface area contributed by atoms with Crippen molar-refractivity contribution in [2.24, 2.45) is 5.73 Å². The average Bonchev–Trinajstić information content (AvgIpc) is 4.14. The number of rotatable bonds is 15. The van der Waals surface area contributed by atoms with Gasteiger partial charge in [-0.05, 0) is 80.0 Å². The van der Waals surface area contributed by atoms with Gasteiger partial charge in [0.05, 0.1) is 6.54 Å². The summed E-state index contributed by atoms with van der Waals surface area (Å²) in [4.78, 5) is 52.5. The molecule has 61 heavy (non-hydrogen) atoms. The molecule has 5 atom stereocenters. The Morgan fingerprint density at radius 1 is 0.770 bits per heavy atom. The van der Waals surface area contributed by atoms with Gasteiger partial charge in [0.2, 0.25) is 17.7 Å². The molecule has 316 valence electrons. The van der Waals surface area contributed by atoms with Crippen molar-refractivity contribution in [2.75, 3.05) is 39.3 Å². The number of benzene rings is 4. The van der Waals surface area contributed by atoms with Gasteiger partial charge in [-0.1, -0.05) is 100 Å². The molecule has 4 aromatic carbocycles. The fourth-order valence-corrected chi connectivity index (χ4v) is 9.90. The number of H-pyrrole nitrogens is 1. The van der Waals surface area contributed by atoms with E-state index in [4.69, 9.17) is 10.2 Å². The number of quaternary nitrogens is 1. The molecule has 0 radical (unpaired) electrons. The van der Waals surface area contributed by atoms with E-state index in [1.54, 1.807) is 0 Å². The smallest absolute Gasteiger partial charge is 0.341 e. The first kappa shape index (κ1) is 41.8. The summed E-state index contributed by atoms with van der Waals surface area (Å²) < 4.78 is 6.20. The van der Waals surface area contributed by atoms with Crippen LogP contribution in [-0.4, -0.2) is 92.9 Å². The fraction of sp³-hybridized carbons (Fsp3) is 0.367. The quantitative estimate of drug-likeness (QED) is 0.0989. The number of nitrogens with two attached hydrogens (primary N) is 1. The topological polar surface area (TPSA) is 142 Å². The summed E-state index contributed by atoms with van der Waals surface area (Å²) in [5, 5.41) is 9.84. The minimum absolute atomic E-state index is 0.0330. The molecule has 0 bridgehead atoms. The minimum Gasteiger partial charge on any atom is -0.418 e. The van der Waals surface area contributed by atoms with Crippen molar-refractivity contribution in [3.63, 3.8) is 0 Å². The molecule has 2 aliphatic heterocycles. The molecule has 0 aliphatic carbocycles. The molecular formula is C49H57N8O4+. The Morgan fingerprint density at radius 3 is 2.03 bits per heavy atom. The Morgan fingerprint density at radius 2 is 1.39 bits per heavy atom. The van der Waals surface area contributed by atoms with E-state index >= 15 is 4.79 Å². The molecule has 12 nitrogen and oxygen atoms in total. The summed E-state index contributed by atoms with van der Waals surface area (Å²) in [6.45, 7) is 12.3. The van der Waals surface area contributed by atoms with Crippen LogP contribution in [0.3, 0.4) is 0 Å². The van der Waals surface area contributed by atoms with Crippen LogP contribution < -0.4 is 10.2 Å². The number of fused-ring (bicyclic) bond motifs is 1. The number of likely N-dealkylation sites (N-methyl/N-ethyl adjacent to an activating group) is 2. The number of carbonyl (C=O) groups is 3. The number of nitrogens with zero attached hydrogens (tertiary/aromatic N) is 6. The summed E-state index contributed by atoms with van der Waals surface area (Å²) >= 11 is 0. The number of aromatic amines is 1. The monoisotopic (exact) mass is 821 g/mol. The first-order valence-electron chi connectivity index (χ1n) is 21.9. The third kappa shape index (κ3) is 7.80. The van der Waals surface area contributed by atoms with Crippen LogP contribution in [0.2, 0.25) is 0 Å². The zero-order valence-corrected chi connectivity index (χ0v) is 35.7. The van der Waals surface area contributed by atoms with Gasteiger partial charge in [-0.2, -0.15) is 0 Å². The summed E-state index contributed by atoms with van der Waals surface area (Å²) in [5.74, 6) is 0.415. The minimum atomic E-state index is -0.668. The van der Waals surface area contributed by atoms with Crippen molar-refractivity contribution < 1.29 is 18.8 Å². The van der Waals surface area contributed by atoms with Crippen molar-refractivity contribution in [3.05, 3.63) is 126 Å². The summed E-state index contributed by atoms with van der Waals surface area (Å²) in [5.41, 5.74) is 12.3. The number of amides is 3. The van der Waals surface area contributed by atoms with Crippen molar-refractivity contribution in [2.45, 2.75) is 77.5 Å². The van der Waals surface area contributed by atoms with Crippen LogP contribution >= 0.6 is 0 Å². The lowest BCUT2D eigenvalue weighted by Crippen LogP contribution is -2.64. The number of primary amides is 1. The van der Waals surface area contributed by atoms with E-state index in [-0.39, 0.29) is 28.4 Å². The third-order valence-electron chi connectivity index (χ3n) is 13.1. The van der Waals surface area contributed by atoms with Crippen LogP contribution in [0.25, 0.3) is 33.6 Å². The van der Waals surface area contributed by atoms with Crippen molar-refractivity contribution in [3.8, 4) is 22.7 Å². The Balaban J connectivity index is 1.05. The normalized spacial score (nSPS) is 20.1. The van der Waals surface area contributed by atoms with E-state index < -0.39 is 18.0 Å². The molecule has 6 aromatic rings. The molecule has 1 unspecified atom stereocenters. The lowest BCUT2D eigenvalue weighted by Gasteiger charge is -2.40. The van der Waals surface area contributed by atoms with E-state index in [1.807, 2.05) is 108 Å². The molecule has 12 heteroatoms.